The number of nitrogen functional groups attached to an aromatic ring is 1. The summed E-state index contributed by atoms with van der Waals surface area (Å²) in [6.07, 6.45) is 3.77. The summed E-state index contributed by atoms with van der Waals surface area (Å²) in [5.74, 6) is -0.302. The maximum absolute atomic E-state index is 11.6. The van der Waals surface area contributed by atoms with Crippen molar-refractivity contribution >= 4 is 22.7 Å². The Morgan fingerprint density at radius 1 is 1.32 bits per heavy atom. The van der Waals surface area contributed by atoms with Crippen LogP contribution in [0.25, 0.3) is 22.4 Å². The number of nitrogens with zero attached hydrogens (tertiary/aromatic N) is 3. The number of carboxylic acid groups (broad SMARTS) is 1. The maximum atomic E-state index is 11.6. The molecule has 0 saturated carbocycles. The molecule has 112 valence electrons. The van der Waals surface area contributed by atoms with Crippen LogP contribution in [0.5, 0.6) is 0 Å². The van der Waals surface area contributed by atoms with Crippen LogP contribution in [0.3, 0.4) is 0 Å². The molecule has 0 aliphatic heterocycles. The van der Waals surface area contributed by atoms with E-state index in [-0.39, 0.29) is 0 Å². The zero-order valence-corrected chi connectivity index (χ0v) is 12.1. The van der Waals surface area contributed by atoms with Crippen LogP contribution in [0, 0.1) is 0 Å². The first-order chi connectivity index (χ1) is 10.6. The van der Waals surface area contributed by atoms with Gasteiger partial charge in [0.05, 0.1) is 11.2 Å². The molecule has 1 atom stereocenters. The van der Waals surface area contributed by atoms with E-state index in [0.717, 1.165) is 11.1 Å². The third-order valence-corrected chi connectivity index (χ3v) is 3.67. The molecule has 22 heavy (non-hydrogen) atoms. The number of aliphatic carboxylic acids is 1. The molecule has 0 saturated heterocycles. The fourth-order valence-electron chi connectivity index (χ4n) is 2.63. The number of carbonyl (C=O) groups is 1. The van der Waals surface area contributed by atoms with E-state index in [1.165, 1.54) is 0 Å². The molecule has 0 amide bonds. The Hall–Kier alpha value is -2.89. The number of carboxylic acids is 1. The lowest BCUT2D eigenvalue weighted by Crippen LogP contribution is -2.19. The van der Waals surface area contributed by atoms with Crippen LogP contribution < -0.4 is 5.73 Å². The normalized spacial score (nSPS) is 12.4. The minimum absolute atomic E-state index is 0.452. The Morgan fingerprint density at radius 3 is 2.68 bits per heavy atom. The zero-order valence-electron chi connectivity index (χ0n) is 12.1. The van der Waals surface area contributed by atoms with Gasteiger partial charge in [-0.15, -0.1) is 0 Å². The first-order valence-electron chi connectivity index (χ1n) is 7.03. The number of fused-ring (bicyclic) bond motifs is 1. The summed E-state index contributed by atoms with van der Waals surface area (Å²) in [7, 11) is 0. The van der Waals surface area contributed by atoms with Crippen LogP contribution in [0.4, 0.5) is 5.69 Å². The minimum atomic E-state index is -0.889. The van der Waals surface area contributed by atoms with Gasteiger partial charge in [-0.1, -0.05) is 13.0 Å². The summed E-state index contributed by atoms with van der Waals surface area (Å²) in [6.45, 7) is 1.84. The van der Waals surface area contributed by atoms with Crippen molar-refractivity contribution in [3.63, 3.8) is 0 Å². The predicted molar refractivity (Wildman–Crippen MR) is 84.3 cm³/mol. The first kappa shape index (κ1) is 14.1. The first-order valence-corrected chi connectivity index (χ1v) is 7.03. The largest absolute Gasteiger partial charge is 0.480 e. The van der Waals surface area contributed by atoms with Gasteiger partial charge >= 0.3 is 5.97 Å². The predicted octanol–water partition coefficient (Wildman–Crippen LogP) is 2.72. The zero-order chi connectivity index (χ0) is 15.7. The second-order valence-electron chi connectivity index (χ2n) is 5.02. The number of para-hydroxylation sites is 1. The number of anilines is 1. The van der Waals surface area contributed by atoms with E-state index in [0.29, 0.717) is 23.4 Å². The SMILES string of the molecule is CCC(C(=O)O)n1c(-c2ccncc2)nc2c(N)cccc21. The molecule has 6 nitrogen and oxygen atoms in total. The van der Waals surface area contributed by atoms with Gasteiger partial charge in [-0.3, -0.25) is 4.98 Å². The number of benzene rings is 1. The van der Waals surface area contributed by atoms with E-state index in [4.69, 9.17) is 5.73 Å². The number of imidazole rings is 1. The third-order valence-electron chi connectivity index (χ3n) is 3.67. The smallest absolute Gasteiger partial charge is 0.326 e. The van der Waals surface area contributed by atoms with Crippen molar-refractivity contribution in [1.29, 1.82) is 0 Å². The number of rotatable bonds is 4. The Labute approximate surface area is 127 Å². The molecule has 0 aliphatic rings. The molecule has 3 N–H and O–H groups in total. The summed E-state index contributed by atoms with van der Waals surface area (Å²) < 4.78 is 1.74. The average molecular weight is 296 g/mol. The molecule has 3 aromatic rings. The molecule has 2 heterocycles. The number of nitrogens with two attached hydrogens (primary N) is 1. The Kier molecular flexibility index (Phi) is 3.50. The molecule has 1 aromatic carbocycles. The van der Waals surface area contributed by atoms with E-state index >= 15 is 0 Å². The summed E-state index contributed by atoms with van der Waals surface area (Å²) in [5.41, 5.74) is 8.69. The minimum Gasteiger partial charge on any atom is -0.480 e. The van der Waals surface area contributed by atoms with Crippen LogP contribution in [0.2, 0.25) is 0 Å². The molecule has 6 heteroatoms. The van der Waals surface area contributed by atoms with Gasteiger partial charge in [-0.25, -0.2) is 9.78 Å². The van der Waals surface area contributed by atoms with E-state index in [1.807, 2.05) is 25.1 Å². The van der Waals surface area contributed by atoms with Gasteiger partial charge in [0.15, 0.2) is 0 Å². The average Bonchev–Trinajstić information content (AvgIpc) is 2.90. The van der Waals surface area contributed by atoms with E-state index in [1.54, 1.807) is 29.1 Å². The molecule has 0 fully saturated rings. The molecule has 3 rings (SSSR count). The highest BCUT2D eigenvalue weighted by Crippen LogP contribution is 2.32. The molecule has 0 aliphatic carbocycles. The standard InChI is InChI=1S/C16H16N4O2/c1-2-12(16(21)22)20-13-5-3-4-11(17)14(13)19-15(20)10-6-8-18-9-7-10/h3-9,12H,2,17H2,1H3,(H,21,22). The summed E-state index contributed by atoms with van der Waals surface area (Å²) >= 11 is 0. The lowest BCUT2D eigenvalue weighted by atomic mass is 10.2. The van der Waals surface area contributed by atoms with Gasteiger partial charge in [-0.05, 0) is 30.7 Å². The number of pyridine rings is 1. The van der Waals surface area contributed by atoms with Crippen LogP contribution in [0.15, 0.2) is 42.7 Å². The van der Waals surface area contributed by atoms with Gasteiger partial charge in [0, 0.05) is 18.0 Å². The molecule has 0 radical (unpaired) electrons. The molecule has 0 spiro atoms. The third kappa shape index (κ3) is 2.18. The fraction of sp³-hybridized carbons (Fsp3) is 0.188. The van der Waals surface area contributed by atoms with Gasteiger partial charge < -0.3 is 15.4 Å². The molecule has 2 aromatic heterocycles. The van der Waals surface area contributed by atoms with Crippen molar-refractivity contribution < 1.29 is 9.90 Å². The van der Waals surface area contributed by atoms with Crippen LogP contribution >= 0.6 is 0 Å². The topological polar surface area (TPSA) is 94.0 Å². The number of aromatic nitrogens is 3. The van der Waals surface area contributed by atoms with Crippen molar-refractivity contribution in [2.24, 2.45) is 0 Å². The Balaban J connectivity index is 2.36. The van der Waals surface area contributed by atoms with Crippen molar-refractivity contribution in [2.45, 2.75) is 19.4 Å². The Bertz CT molecular complexity index is 827. The van der Waals surface area contributed by atoms with Crippen LogP contribution in [-0.4, -0.2) is 25.6 Å². The van der Waals surface area contributed by atoms with Gasteiger partial charge in [0.2, 0.25) is 0 Å². The Morgan fingerprint density at radius 2 is 2.05 bits per heavy atom. The van der Waals surface area contributed by atoms with Crippen molar-refractivity contribution in [2.75, 3.05) is 5.73 Å². The highest BCUT2D eigenvalue weighted by atomic mass is 16.4. The van der Waals surface area contributed by atoms with Crippen molar-refractivity contribution in [1.82, 2.24) is 14.5 Å². The summed E-state index contributed by atoms with van der Waals surface area (Å²) in [5, 5.41) is 9.55. The molecular weight excluding hydrogens is 280 g/mol. The fourth-order valence-corrected chi connectivity index (χ4v) is 2.63. The summed E-state index contributed by atoms with van der Waals surface area (Å²) in [6, 6.07) is 8.33. The molecule has 1 unspecified atom stereocenters. The van der Waals surface area contributed by atoms with Crippen molar-refractivity contribution in [3.8, 4) is 11.4 Å². The van der Waals surface area contributed by atoms with Crippen molar-refractivity contribution in [3.05, 3.63) is 42.7 Å². The maximum Gasteiger partial charge on any atom is 0.326 e. The lowest BCUT2D eigenvalue weighted by molar-refractivity contribution is -0.140. The monoisotopic (exact) mass is 296 g/mol. The van der Waals surface area contributed by atoms with Gasteiger partial charge in [-0.2, -0.15) is 0 Å². The highest BCUT2D eigenvalue weighted by Gasteiger charge is 2.24. The number of hydrogen-bond donors (Lipinski definition) is 2. The second kappa shape index (κ2) is 5.48. The van der Waals surface area contributed by atoms with E-state index in [9.17, 15) is 9.90 Å². The second-order valence-corrected chi connectivity index (χ2v) is 5.02. The van der Waals surface area contributed by atoms with Crippen LogP contribution in [0.1, 0.15) is 19.4 Å². The van der Waals surface area contributed by atoms with Gasteiger partial charge in [0.25, 0.3) is 0 Å². The van der Waals surface area contributed by atoms with E-state index in [2.05, 4.69) is 9.97 Å². The quantitative estimate of drug-likeness (QED) is 0.722. The highest BCUT2D eigenvalue weighted by molar-refractivity contribution is 5.91. The van der Waals surface area contributed by atoms with Gasteiger partial charge in [0.1, 0.15) is 17.4 Å². The number of hydrogen-bond acceptors (Lipinski definition) is 4. The van der Waals surface area contributed by atoms with E-state index < -0.39 is 12.0 Å². The van der Waals surface area contributed by atoms with Crippen LogP contribution in [-0.2, 0) is 4.79 Å². The summed E-state index contributed by atoms with van der Waals surface area (Å²) in [4.78, 5) is 20.2. The molecular formula is C16H16N4O2. The lowest BCUT2D eigenvalue weighted by Gasteiger charge is -2.16. The molecule has 0 bridgehead atoms.